The number of ether oxygens (including phenoxy) is 1. The van der Waals surface area contributed by atoms with Crippen LogP contribution in [-0.2, 0) is 22.4 Å². The number of carbonyl (C=O) groups is 2. The summed E-state index contributed by atoms with van der Waals surface area (Å²) in [7, 11) is 1.41. The number of benzene rings is 1. The number of esters is 1. The van der Waals surface area contributed by atoms with Crippen LogP contribution in [0.5, 0.6) is 0 Å². The Kier molecular flexibility index (Phi) is 5.28. The van der Waals surface area contributed by atoms with Crippen LogP contribution in [0.2, 0.25) is 0 Å². The third-order valence-corrected chi connectivity index (χ3v) is 7.64. The van der Waals surface area contributed by atoms with E-state index in [-0.39, 0.29) is 29.1 Å². The van der Waals surface area contributed by atoms with Crippen molar-refractivity contribution >= 4 is 28.2 Å². The highest BCUT2D eigenvalue weighted by molar-refractivity contribution is 7.17. The molecule has 2 aromatic rings. The van der Waals surface area contributed by atoms with E-state index in [1.54, 1.807) is 11.3 Å². The molecule has 1 amide bonds. The number of methoxy groups -OCH3 is 1. The van der Waals surface area contributed by atoms with E-state index in [9.17, 15) is 9.59 Å². The third kappa shape index (κ3) is 3.97. The highest BCUT2D eigenvalue weighted by Crippen LogP contribution is 2.49. The van der Waals surface area contributed by atoms with Crippen molar-refractivity contribution in [3.8, 4) is 0 Å². The van der Waals surface area contributed by atoms with Crippen LogP contribution >= 0.6 is 11.3 Å². The highest BCUT2D eigenvalue weighted by atomic mass is 32.1. The molecule has 0 unspecified atom stereocenters. The first-order chi connectivity index (χ1) is 13.8. The highest BCUT2D eigenvalue weighted by Gasteiger charge is 2.44. The molecule has 0 bridgehead atoms. The van der Waals surface area contributed by atoms with Gasteiger partial charge in [0.1, 0.15) is 5.00 Å². The zero-order valence-electron chi connectivity index (χ0n) is 17.6. The summed E-state index contributed by atoms with van der Waals surface area (Å²) in [6.07, 6.45) is 3.74. The fraction of sp³-hybridized carbons (Fsp3) is 0.500. The van der Waals surface area contributed by atoms with E-state index in [1.165, 1.54) is 17.6 Å². The molecule has 1 saturated carbocycles. The van der Waals surface area contributed by atoms with Crippen molar-refractivity contribution in [2.24, 2.45) is 17.3 Å². The monoisotopic (exact) mass is 411 g/mol. The second-order valence-corrected chi connectivity index (χ2v) is 10.5. The minimum Gasteiger partial charge on any atom is -0.465 e. The van der Waals surface area contributed by atoms with Gasteiger partial charge in [0, 0.05) is 10.8 Å². The lowest BCUT2D eigenvalue weighted by Gasteiger charge is -2.33. The van der Waals surface area contributed by atoms with Gasteiger partial charge in [-0.1, -0.05) is 51.1 Å². The minimum absolute atomic E-state index is 0.00924. The van der Waals surface area contributed by atoms with Gasteiger partial charge in [0.2, 0.25) is 5.91 Å². The summed E-state index contributed by atoms with van der Waals surface area (Å²) in [5.41, 5.74) is 3.09. The molecule has 29 heavy (non-hydrogen) atoms. The predicted octanol–water partition coefficient (Wildman–Crippen LogP) is 5.43. The van der Waals surface area contributed by atoms with Gasteiger partial charge >= 0.3 is 5.97 Å². The molecule has 1 fully saturated rings. The molecule has 4 rings (SSSR count). The molecule has 0 aliphatic heterocycles. The third-order valence-electron chi connectivity index (χ3n) is 6.47. The first-order valence-corrected chi connectivity index (χ1v) is 11.2. The van der Waals surface area contributed by atoms with Crippen molar-refractivity contribution in [1.29, 1.82) is 0 Å². The summed E-state index contributed by atoms with van der Waals surface area (Å²) in [5.74, 6) is 0.493. The molecule has 0 saturated heterocycles. The Labute approximate surface area is 176 Å². The van der Waals surface area contributed by atoms with Crippen LogP contribution in [0, 0.1) is 17.3 Å². The zero-order chi connectivity index (χ0) is 20.8. The van der Waals surface area contributed by atoms with Crippen LogP contribution in [0.15, 0.2) is 30.3 Å². The number of thiophene rings is 1. The SMILES string of the molecule is COC(=O)c1c(NC(=O)[C@@H]2C[C@H]2c2ccccc2)sc2c1CC[C@@H](C(C)(C)C)C2. The maximum Gasteiger partial charge on any atom is 0.341 e. The minimum atomic E-state index is -0.345. The molecule has 0 spiro atoms. The number of hydrogen-bond donors (Lipinski definition) is 1. The molecule has 2 aliphatic carbocycles. The Bertz CT molecular complexity index is 926. The smallest absolute Gasteiger partial charge is 0.341 e. The number of amides is 1. The van der Waals surface area contributed by atoms with Gasteiger partial charge in [-0.25, -0.2) is 4.79 Å². The quantitative estimate of drug-likeness (QED) is 0.683. The predicted molar refractivity (Wildman–Crippen MR) is 117 cm³/mol. The number of carbonyl (C=O) groups excluding carboxylic acids is 2. The Morgan fingerprint density at radius 2 is 1.90 bits per heavy atom. The number of fused-ring (bicyclic) bond motifs is 1. The van der Waals surface area contributed by atoms with Gasteiger partial charge < -0.3 is 10.1 Å². The summed E-state index contributed by atoms with van der Waals surface area (Å²) < 4.78 is 5.06. The molecule has 0 radical (unpaired) electrons. The normalized spacial score (nSPS) is 23.2. The molecular formula is C24H29NO3S. The second kappa shape index (κ2) is 7.60. The van der Waals surface area contributed by atoms with E-state index in [0.717, 1.165) is 31.2 Å². The summed E-state index contributed by atoms with van der Waals surface area (Å²) in [4.78, 5) is 26.7. The van der Waals surface area contributed by atoms with E-state index < -0.39 is 0 Å². The first-order valence-electron chi connectivity index (χ1n) is 10.4. The van der Waals surface area contributed by atoms with Crippen molar-refractivity contribution in [3.63, 3.8) is 0 Å². The van der Waals surface area contributed by atoms with Crippen LogP contribution in [0.25, 0.3) is 0 Å². The number of rotatable bonds is 4. The van der Waals surface area contributed by atoms with Crippen molar-refractivity contribution in [2.45, 2.75) is 52.4 Å². The number of hydrogen-bond acceptors (Lipinski definition) is 4. The van der Waals surface area contributed by atoms with Crippen molar-refractivity contribution < 1.29 is 14.3 Å². The molecule has 1 aromatic heterocycles. The average Bonchev–Trinajstić information content (AvgIpc) is 3.42. The van der Waals surface area contributed by atoms with Crippen LogP contribution in [0.4, 0.5) is 5.00 Å². The van der Waals surface area contributed by atoms with E-state index in [1.807, 2.05) is 18.2 Å². The van der Waals surface area contributed by atoms with Crippen LogP contribution < -0.4 is 5.32 Å². The maximum absolute atomic E-state index is 12.9. The Balaban J connectivity index is 1.55. The Hall–Kier alpha value is -2.14. The van der Waals surface area contributed by atoms with E-state index in [0.29, 0.717) is 16.5 Å². The van der Waals surface area contributed by atoms with Gasteiger partial charge in [-0.2, -0.15) is 0 Å². The Morgan fingerprint density at radius 3 is 2.55 bits per heavy atom. The van der Waals surface area contributed by atoms with Gasteiger partial charge in [0.15, 0.2) is 0 Å². The molecule has 1 N–H and O–H groups in total. The van der Waals surface area contributed by atoms with Gasteiger partial charge in [0.05, 0.1) is 12.7 Å². The largest absolute Gasteiger partial charge is 0.465 e. The van der Waals surface area contributed by atoms with Crippen molar-refractivity contribution in [2.75, 3.05) is 12.4 Å². The summed E-state index contributed by atoms with van der Waals surface area (Å²) in [5, 5.41) is 3.74. The molecular weight excluding hydrogens is 382 g/mol. The summed E-state index contributed by atoms with van der Waals surface area (Å²) in [6.45, 7) is 6.82. The maximum atomic E-state index is 12.9. The van der Waals surface area contributed by atoms with Gasteiger partial charge in [-0.3, -0.25) is 4.79 Å². The van der Waals surface area contributed by atoms with Crippen molar-refractivity contribution in [1.82, 2.24) is 0 Å². The molecule has 154 valence electrons. The van der Waals surface area contributed by atoms with E-state index >= 15 is 0 Å². The Morgan fingerprint density at radius 1 is 1.17 bits per heavy atom. The molecule has 2 aliphatic rings. The van der Waals surface area contributed by atoms with Gasteiger partial charge in [0.25, 0.3) is 0 Å². The molecule has 5 heteroatoms. The fourth-order valence-corrected chi connectivity index (χ4v) is 5.81. The molecule has 1 aromatic carbocycles. The van der Waals surface area contributed by atoms with Crippen molar-refractivity contribution in [3.05, 3.63) is 51.9 Å². The number of nitrogens with one attached hydrogen (secondary N) is 1. The average molecular weight is 412 g/mol. The lowest BCUT2D eigenvalue weighted by atomic mass is 9.72. The zero-order valence-corrected chi connectivity index (χ0v) is 18.4. The topological polar surface area (TPSA) is 55.4 Å². The lowest BCUT2D eigenvalue weighted by Crippen LogP contribution is -2.26. The summed E-state index contributed by atoms with van der Waals surface area (Å²) >= 11 is 1.56. The van der Waals surface area contributed by atoms with Crippen LogP contribution in [0.3, 0.4) is 0 Å². The van der Waals surface area contributed by atoms with E-state index in [2.05, 4.69) is 38.2 Å². The van der Waals surface area contributed by atoms with Gasteiger partial charge in [-0.15, -0.1) is 11.3 Å². The van der Waals surface area contributed by atoms with Crippen LogP contribution in [-0.4, -0.2) is 19.0 Å². The van der Waals surface area contributed by atoms with Crippen LogP contribution in [0.1, 0.15) is 65.9 Å². The first kappa shape index (κ1) is 20.1. The second-order valence-electron chi connectivity index (χ2n) is 9.35. The van der Waals surface area contributed by atoms with Gasteiger partial charge in [-0.05, 0) is 54.1 Å². The summed E-state index contributed by atoms with van der Waals surface area (Å²) in [6, 6.07) is 10.2. The fourth-order valence-electron chi connectivity index (χ4n) is 4.49. The molecule has 3 atom stereocenters. The standard InChI is InChI=1S/C24H29NO3S/c1-24(2,3)15-10-11-16-19(12-15)29-22(20(16)23(27)28-4)25-21(26)18-13-17(18)14-8-6-5-7-9-14/h5-9,15,17-18H,10-13H2,1-4H3,(H,25,26)/t15-,17+,18-/m1/s1. The molecule has 1 heterocycles. The van der Waals surface area contributed by atoms with E-state index in [4.69, 9.17) is 4.74 Å². The lowest BCUT2D eigenvalue weighted by molar-refractivity contribution is -0.117. The molecule has 4 nitrogen and oxygen atoms in total. The number of anilines is 1.